The fraction of sp³-hybridized carbons (Fsp3) is 0.667. The molecule has 0 spiro atoms. The molecule has 3 rings (SSSR count). The first-order valence-corrected chi connectivity index (χ1v) is 9.28. The standard InChI is InChI=1S/C15H23N5O3S/c1-2-9-11-14(18-7-17-9)20(8-19-11)15-13(22)12(21)10(23-15)6-24-5-3-4-16/h7-8,10,12-13,15,21-22H,2-6,16H2,1H3/t10-,12-,13-,15-/m1/s1. The smallest absolute Gasteiger partial charge is 0.165 e. The van der Waals surface area contributed by atoms with E-state index in [1.807, 2.05) is 6.92 Å². The topological polar surface area (TPSA) is 119 Å². The van der Waals surface area contributed by atoms with Crippen LogP contribution in [-0.2, 0) is 11.2 Å². The molecule has 0 amide bonds. The highest BCUT2D eigenvalue weighted by Crippen LogP contribution is 2.33. The van der Waals surface area contributed by atoms with Crippen molar-refractivity contribution in [2.24, 2.45) is 5.73 Å². The second-order valence-corrected chi connectivity index (χ2v) is 6.91. The van der Waals surface area contributed by atoms with Crippen molar-refractivity contribution in [2.45, 2.75) is 44.3 Å². The highest BCUT2D eigenvalue weighted by Gasteiger charge is 2.44. The van der Waals surface area contributed by atoms with E-state index in [9.17, 15) is 10.2 Å². The summed E-state index contributed by atoms with van der Waals surface area (Å²) in [5.74, 6) is 1.52. The van der Waals surface area contributed by atoms with Crippen molar-refractivity contribution in [3.05, 3.63) is 18.3 Å². The Labute approximate surface area is 144 Å². The van der Waals surface area contributed by atoms with Crippen molar-refractivity contribution in [1.29, 1.82) is 0 Å². The minimum Gasteiger partial charge on any atom is -0.387 e. The van der Waals surface area contributed by atoms with Gasteiger partial charge in [0, 0.05) is 5.75 Å². The molecule has 2 aromatic heterocycles. The number of nitrogens with two attached hydrogens (primary N) is 1. The maximum absolute atomic E-state index is 10.4. The quantitative estimate of drug-likeness (QED) is 0.599. The Hall–Kier alpha value is -1.26. The first-order valence-electron chi connectivity index (χ1n) is 8.13. The van der Waals surface area contributed by atoms with Gasteiger partial charge in [0.1, 0.15) is 24.1 Å². The van der Waals surface area contributed by atoms with Gasteiger partial charge in [-0.15, -0.1) is 0 Å². The third-order valence-corrected chi connectivity index (χ3v) is 5.30. The van der Waals surface area contributed by atoms with Gasteiger partial charge in [0.05, 0.1) is 18.1 Å². The third kappa shape index (κ3) is 3.27. The molecule has 3 heterocycles. The zero-order valence-electron chi connectivity index (χ0n) is 13.6. The summed E-state index contributed by atoms with van der Waals surface area (Å²) >= 11 is 1.66. The van der Waals surface area contributed by atoms with E-state index in [1.165, 1.54) is 6.33 Å². The van der Waals surface area contributed by atoms with Crippen LogP contribution in [0.5, 0.6) is 0 Å². The van der Waals surface area contributed by atoms with Crippen LogP contribution in [0.4, 0.5) is 0 Å². The molecular formula is C15H23N5O3S. The molecule has 0 saturated carbocycles. The molecule has 132 valence electrons. The van der Waals surface area contributed by atoms with Crippen molar-refractivity contribution in [3.8, 4) is 0 Å². The Morgan fingerprint density at radius 2 is 2.12 bits per heavy atom. The number of imidazole rings is 1. The van der Waals surface area contributed by atoms with Crippen LogP contribution in [0.15, 0.2) is 12.7 Å². The Balaban J connectivity index is 1.77. The molecule has 0 unspecified atom stereocenters. The molecule has 0 aromatic carbocycles. The normalized spacial score (nSPS) is 27.2. The number of aliphatic hydroxyl groups excluding tert-OH is 2. The summed E-state index contributed by atoms with van der Waals surface area (Å²) in [5.41, 5.74) is 7.63. The molecule has 2 aromatic rings. The van der Waals surface area contributed by atoms with Crippen LogP contribution in [0.2, 0.25) is 0 Å². The summed E-state index contributed by atoms with van der Waals surface area (Å²) in [4.78, 5) is 12.8. The number of rotatable bonds is 7. The van der Waals surface area contributed by atoms with Crippen LogP contribution in [0, 0.1) is 0 Å². The summed E-state index contributed by atoms with van der Waals surface area (Å²) in [6.07, 6.45) is 1.63. The minimum absolute atomic E-state index is 0.433. The second kappa shape index (κ2) is 7.75. The summed E-state index contributed by atoms with van der Waals surface area (Å²) in [5, 5.41) is 20.7. The molecule has 0 bridgehead atoms. The van der Waals surface area contributed by atoms with Crippen LogP contribution < -0.4 is 5.73 Å². The van der Waals surface area contributed by atoms with Gasteiger partial charge in [-0.2, -0.15) is 11.8 Å². The molecule has 9 heteroatoms. The summed E-state index contributed by atoms with van der Waals surface area (Å²) in [6.45, 7) is 2.65. The Bertz CT molecular complexity index is 682. The maximum Gasteiger partial charge on any atom is 0.165 e. The predicted molar refractivity (Wildman–Crippen MR) is 91.6 cm³/mol. The van der Waals surface area contributed by atoms with Gasteiger partial charge in [-0.1, -0.05) is 6.92 Å². The molecule has 1 aliphatic heterocycles. The number of hydrogen-bond acceptors (Lipinski definition) is 8. The lowest BCUT2D eigenvalue weighted by Crippen LogP contribution is -2.32. The Morgan fingerprint density at radius 1 is 1.29 bits per heavy atom. The minimum atomic E-state index is -1.03. The molecule has 1 fully saturated rings. The van der Waals surface area contributed by atoms with Gasteiger partial charge in [-0.25, -0.2) is 15.0 Å². The molecule has 4 N–H and O–H groups in total. The van der Waals surface area contributed by atoms with Gasteiger partial charge in [0.25, 0.3) is 0 Å². The zero-order chi connectivity index (χ0) is 17.1. The number of aliphatic hydroxyl groups is 2. The van der Waals surface area contributed by atoms with Crippen molar-refractivity contribution in [3.63, 3.8) is 0 Å². The first kappa shape index (κ1) is 17.6. The van der Waals surface area contributed by atoms with Crippen LogP contribution in [0.25, 0.3) is 11.2 Å². The summed E-state index contributed by atoms with van der Waals surface area (Å²) < 4.78 is 7.58. The molecule has 4 atom stereocenters. The Morgan fingerprint density at radius 3 is 2.88 bits per heavy atom. The summed E-state index contributed by atoms with van der Waals surface area (Å²) in [6, 6.07) is 0. The van der Waals surface area contributed by atoms with E-state index in [4.69, 9.17) is 10.5 Å². The van der Waals surface area contributed by atoms with E-state index in [0.29, 0.717) is 23.5 Å². The number of aromatic nitrogens is 4. The van der Waals surface area contributed by atoms with Gasteiger partial charge >= 0.3 is 0 Å². The molecule has 8 nitrogen and oxygen atoms in total. The van der Waals surface area contributed by atoms with E-state index in [0.717, 1.165) is 24.3 Å². The fourth-order valence-corrected chi connectivity index (χ4v) is 3.87. The molecule has 1 saturated heterocycles. The number of ether oxygens (including phenoxy) is 1. The van der Waals surface area contributed by atoms with Crippen LogP contribution >= 0.6 is 11.8 Å². The van der Waals surface area contributed by atoms with Gasteiger partial charge in [-0.05, 0) is 25.1 Å². The van der Waals surface area contributed by atoms with Crippen molar-refractivity contribution in [2.75, 3.05) is 18.1 Å². The lowest BCUT2D eigenvalue weighted by molar-refractivity contribution is -0.0289. The number of nitrogens with zero attached hydrogens (tertiary/aromatic N) is 4. The molecular weight excluding hydrogens is 330 g/mol. The number of hydrogen-bond donors (Lipinski definition) is 3. The van der Waals surface area contributed by atoms with Gasteiger partial charge < -0.3 is 20.7 Å². The molecule has 0 aliphatic carbocycles. The van der Waals surface area contributed by atoms with Crippen LogP contribution in [0.1, 0.15) is 25.3 Å². The SMILES string of the molecule is CCc1ncnc2c1ncn2[C@@H]1O[C@H](CSCCCN)[C@@H](O)[C@H]1O. The monoisotopic (exact) mass is 353 g/mol. The van der Waals surface area contributed by atoms with Crippen LogP contribution in [-0.4, -0.2) is 66.1 Å². The van der Waals surface area contributed by atoms with Crippen molar-refractivity contribution in [1.82, 2.24) is 19.5 Å². The highest BCUT2D eigenvalue weighted by molar-refractivity contribution is 7.99. The van der Waals surface area contributed by atoms with E-state index < -0.39 is 24.5 Å². The largest absolute Gasteiger partial charge is 0.387 e. The maximum atomic E-state index is 10.4. The zero-order valence-corrected chi connectivity index (χ0v) is 14.4. The Kier molecular flexibility index (Phi) is 5.67. The third-order valence-electron chi connectivity index (χ3n) is 4.16. The van der Waals surface area contributed by atoms with E-state index in [-0.39, 0.29) is 0 Å². The summed E-state index contributed by atoms with van der Waals surface area (Å²) in [7, 11) is 0. The highest BCUT2D eigenvalue weighted by atomic mass is 32.2. The van der Waals surface area contributed by atoms with E-state index >= 15 is 0 Å². The first-order chi connectivity index (χ1) is 11.7. The molecule has 0 radical (unpaired) electrons. The number of thioether (sulfide) groups is 1. The molecule has 24 heavy (non-hydrogen) atoms. The lowest BCUT2D eigenvalue weighted by Gasteiger charge is -2.16. The number of fused-ring (bicyclic) bond motifs is 1. The molecule has 1 aliphatic rings. The van der Waals surface area contributed by atoms with Crippen molar-refractivity contribution < 1.29 is 14.9 Å². The fourth-order valence-electron chi connectivity index (χ4n) is 2.83. The van der Waals surface area contributed by atoms with Gasteiger partial charge in [-0.3, -0.25) is 4.57 Å². The second-order valence-electron chi connectivity index (χ2n) is 5.76. The van der Waals surface area contributed by atoms with E-state index in [2.05, 4.69) is 15.0 Å². The predicted octanol–water partition coefficient (Wildman–Crippen LogP) is 0.0899. The average molecular weight is 353 g/mol. The van der Waals surface area contributed by atoms with Gasteiger partial charge in [0.2, 0.25) is 0 Å². The van der Waals surface area contributed by atoms with Gasteiger partial charge in [0.15, 0.2) is 11.9 Å². The van der Waals surface area contributed by atoms with Crippen LogP contribution in [0.3, 0.4) is 0 Å². The van der Waals surface area contributed by atoms with Crippen molar-refractivity contribution >= 4 is 22.9 Å². The lowest BCUT2D eigenvalue weighted by atomic mass is 10.1. The number of aryl methyl sites for hydroxylation is 1. The van der Waals surface area contributed by atoms with E-state index in [1.54, 1.807) is 22.7 Å². The average Bonchev–Trinajstić information content (AvgIpc) is 3.14.